The molecule has 1 aliphatic carbocycles. The summed E-state index contributed by atoms with van der Waals surface area (Å²) in [5, 5.41) is 11.4. The van der Waals surface area contributed by atoms with Crippen molar-refractivity contribution in [3.05, 3.63) is 70.9 Å². The van der Waals surface area contributed by atoms with Crippen LogP contribution in [0.15, 0.2) is 59.5 Å². The molecule has 4 aliphatic heterocycles. The standard InChI is InChI=1S/C45H54N10O6/c1-50(29-16-18-52(19-17-29)36-7-5-8-37-42(36)51(2)45(59)55(37)38-14-15-41(56)48-44(38)58)23-27-10-12-30(13-11-27)54-24-28-20-35(39(60-3)22-34(28)49-54)47-43(57)33-6-4-9-40(46-33)53-25-32-21-31(53)26-61-32/h4-9,20,22,24,27,29-32,38H,10-19,21,23,25-26H2,1-3H3,(H,47,57)(H,48,56,58)/t27?,30?,31-,32-,38?/m1/s1. The van der Waals surface area contributed by atoms with Crippen molar-refractivity contribution in [3.63, 3.8) is 0 Å². The number of morpholine rings is 1. The van der Waals surface area contributed by atoms with Crippen LogP contribution in [0.3, 0.4) is 0 Å². The van der Waals surface area contributed by atoms with Gasteiger partial charge in [0.2, 0.25) is 11.8 Å². The summed E-state index contributed by atoms with van der Waals surface area (Å²) in [7, 11) is 5.64. The summed E-state index contributed by atoms with van der Waals surface area (Å²) in [5.41, 5.74) is 4.09. The minimum atomic E-state index is -0.699. The number of nitrogens with zero attached hydrogens (tertiary/aromatic N) is 8. The number of pyridine rings is 1. The molecule has 2 bridgehead atoms. The molecule has 4 saturated heterocycles. The van der Waals surface area contributed by atoms with Gasteiger partial charge < -0.3 is 29.5 Å². The summed E-state index contributed by atoms with van der Waals surface area (Å²) in [4.78, 5) is 63.4. The first-order chi connectivity index (χ1) is 29.6. The summed E-state index contributed by atoms with van der Waals surface area (Å²) >= 11 is 0. The molecule has 1 saturated carbocycles. The van der Waals surface area contributed by atoms with Gasteiger partial charge in [-0.1, -0.05) is 12.1 Å². The number of hydrogen-bond acceptors (Lipinski definition) is 11. The number of imide groups is 1. The molecular weight excluding hydrogens is 777 g/mol. The van der Waals surface area contributed by atoms with Crippen molar-refractivity contribution >= 4 is 56.9 Å². The minimum absolute atomic E-state index is 0.218. The number of aryl methyl sites for hydroxylation is 1. The highest BCUT2D eigenvalue weighted by atomic mass is 16.5. The number of carbonyl (C=O) groups excluding carboxylic acids is 3. The summed E-state index contributed by atoms with van der Waals surface area (Å²) in [6.45, 7) is 4.32. The van der Waals surface area contributed by atoms with E-state index in [0.29, 0.717) is 54.2 Å². The molecule has 2 N–H and O–H groups in total. The van der Waals surface area contributed by atoms with Crippen LogP contribution in [-0.4, -0.2) is 112 Å². The number of anilines is 3. The van der Waals surface area contributed by atoms with Crippen LogP contribution in [0.25, 0.3) is 21.9 Å². The molecule has 2 aromatic carbocycles. The maximum absolute atomic E-state index is 13.5. The fraction of sp³-hybridized carbons (Fsp3) is 0.511. The van der Waals surface area contributed by atoms with Gasteiger partial charge in [0.1, 0.15) is 23.3 Å². The number of rotatable bonds is 10. The number of hydrogen-bond donors (Lipinski definition) is 2. The zero-order valence-electron chi connectivity index (χ0n) is 35.1. The molecule has 3 amide bonds. The van der Waals surface area contributed by atoms with Gasteiger partial charge >= 0.3 is 5.69 Å². The van der Waals surface area contributed by atoms with Gasteiger partial charge in [0.05, 0.1) is 59.8 Å². The Labute approximate surface area is 353 Å². The SMILES string of the molecule is COc1cc2nn(C3CCC(CN(C)C4CCN(c5cccc6c5n(C)c(=O)n6C5CCC(=O)NC5=O)CC4)CC3)cc2cc1NC(=O)c1cccc(N2C[C@H]3C[C@@H]2CO3)n1. The maximum atomic E-state index is 13.5. The van der Waals surface area contributed by atoms with Gasteiger partial charge in [-0.3, -0.25) is 33.5 Å². The number of methoxy groups -OCH3 is 1. The third-order valence-electron chi connectivity index (χ3n) is 14.0. The topological polar surface area (TPSA) is 161 Å². The fourth-order valence-electron chi connectivity index (χ4n) is 10.7. The van der Waals surface area contributed by atoms with Crippen molar-refractivity contribution in [1.82, 2.24) is 34.1 Å². The van der Waals surface area contributed by atoms with Crippen molar-refractivity contribution in [3.8, 4) is 5.75 Å². The van der Waals surface area contributed by atoms with Gasteiger partial charge in [-0.2, -0.15) is 5.10 Å². The Morgan fingerprint density at radius 1 is 1.00 bits per heavy atom. The number of para-hydroxylation sites is 1. The van der Waals surface area contributed by atoms with Crippen LogP contribution in [0.2, 0.25) is 0 Å². The Morgan fingerprint density at radius 2 is 1.80 bits per heavy atom. The Bertz CT molecular complexity index is 2570. The largest absolute Gasteiger partial charge is 0.494 e. The summed E-state index contributed by atoms with van der Waals surface area (Å²) < 4.78 is 16.8. The lowest BCUT2D eigenvalue weighted by Crippen LogP contribution is -2.45. The zero-order chi connectivity index (χ0) is 41.9. The first-order valence-electron chi connectivity index (χ1n) is 21.8. The number of carbonyl (C=O) groups is 3. The second-order valence-electron chi connectivity index (χ2n) is 17.7. The molecule has 0 spiro atoms. The lowest BCUT2D eigenvalue weighted by Gasteiger charge is -2.40. The Hall–Kier alpha value is -5.74. The number of fused-ring (bicyclic) bond motifs is 4. The van der Waals surface area contributed by atoms with E-state index in [2.05, 4.69) is 49.3 Å². The van der Waals surface area contributed by atoms with Gasteiger partial charge in [0, 0.05) is 63.3 Å². The number of nitrogens with one attached hydrogen (secondary N) is 2. The van der Waals surface area contributed by atoms with Crippen LogP contribution in [0.4, 0.5) is 17.2 Å². The first-order valence-corrected chi connectivity index (χ1v) is 21.8. The first kappa shape index (κ1) is 39.4. The average Bonchev–Trinajstić information content (AvgIpc) is 4.08. The normalized spacial score (nSPS) is 24.6. The number of amides is 3. The molecule has 3 aromatic heterocycles. The van der Waals surface area contributed by atoms with Crippen LogP contribution in [0.1, 0.15) is 80.4 Å². The molecule has 61 heavy (non-hydrogen) atoms. The molecule has 1 unspecified atom stereocenters. The molecule has 7 heterocycles. The predicted molar refractivity (Wildman–Crippen MR) is 231 cm³/mol. The van der Waals surface area contributed by atoms with E-state index in [1.807, 2.05) is 36.4 Å². The molecule has 5 aliphatic rings. The lowest BCUT2D eigenvalue weighted by atomic mass is 9.85. The molecule has 5 aromatic rings. The second kappa shape index (κ2) is 15.9. The van der Waals surface area contributed by atoms with E-state index in [0.717, 1.165) is 105 Å². The Balaban J connectivity index is 0.741. The van der Waals surface area contributed by atoms with Gasteiger partial charge in [-0.15, -0.1) is 0 Å². The predicted octanol–water partition coefficient (Wildman–Crippen LogP) is 4.63. The van der Waals surface area contributed by atoms with Crippen molar-refractivity contribution in [2.45, 2.75) is 88.1 Å². The zero-order valence-corrected chi connectivity index (χ0v) is 35.1. The van der Waals surface area contributed by atoms with Gasteiger partial charge in [0.25, 0.3) is 5.91 Å². The van der Waals surface area contributed by atoms with E-state index in [-0.39, 0.29) is 30.0 Å². The van der Waals surface area contributed by atoms with Crippen molar-refractivity contribution in [1.29, 1.82) is 0 Å². The fourth-order valence-corrected chi connectivity index (χ4v) is 10.7. The molecule has 10 rings (SSSR count). The van der Waals surface area contributed by atoms with Crippen molar-refractivity contribution in [2.24, 2.45) is 13.0 Å². The van der Waals surface area contributed by atoms with Crippen LogP contribution in [0, 0.1) is 5.92 Å². The number of piperidine rings is 2. The van der Waals surface area contributed by atoms with E-state index in [9.17, 15) is 19.2 Å². The quantitative estimate of drug-likeness (QED) is 0.189. The van der Waals surface area contributed by atoms with E-state index >= 15 is 0 Å². The van der Waals surface area contributed by atoms with Crippen LogP contribution >= 0.6 is 0 Å². The summed E-state index contributed by atoms with van der Waals surface area (Å²) in [6.07, 6.45) is 10.3. The van der Waals surface area contributed by atoms with E-state index in [1.165, 1.54) is 0 Å². The van der Waals surface area contributed by atoms with Gasteiger partial charge in [0.15, 0.2) is 0 Å². The van der Waals surface area contributed by atoms with E-state index < -0.39 is 11.9 Å². The molecule has 0 radical (unpaired) electrons. The third-order valence-corrected chi connectivity index (χ3v) is 14.0. The average molecular weight is 831 g/mol. The number of aromatic nitrogens is 5. The lowest BCUT2D eigenvalue weighted by molar-refractivity contribution is -0.135. The second-order valence-corrected chi connectivity index (χ2v) is 17.7. The van der Waals surface area contributed by atoms with Crippen molar-refractivity contribution in [2.75, 3.05) is 62.1 Å². The summed E-state index contributed by atoms with van der Waals surface area (Å²) in [5.74, 6) is 0.974. The maximum Gasteiger partial charge on any atom is 0.329 e. The highest BCUT2D eigenvalue weighted by Crippen LogP contribution is 2.37. The smallest absolute Gasteiger partial charge is 0.329 e. The number of benzene rings is 2. The van der Waals surface area contributed by atoms with Crippen LogP contribution < -0.4 is 30.9 Å². The molecule has 3 atom stereocenters. The number of imidazole rings is 1. The van der Waals surface area contributed by atoms with Crippen LogP contribution in [0.5, 0.6) is 5.75 Å². The molecular formula is C45H54N10O6. The van der Waals surface area contributed by atoms with Crippen molar-refractivity contribution < 1.29 is 23.9 Å². The molecule has 16 nitrogen and oxygen atoms in total. The molecule has 5 fully saturated rings. The monoisotopic (exact) mass is 830 g/mol. The van der Waals surface area contributed by atoms with Gasteiger partial charge in [-0.05, 0) is 94.7 Å². The molecule has 320 valence electrons. The minimum Gasteiger partial charge on any atom is -0.494 e. The Kier molecular flexibility index (Phi) is 10.3. The Morgan fingerprint density at radius 3 is 2.54 bits per heavy atom. The summed E-state index contributed by atoms with van der Waals surface area (Å²) in [6, 6.07) is 15.8. The molecule has 16 heteroatoms. The van der Waals surface area contributed by atoms with Crippen LogP contribution in [-0.2, 0) is 21.4 Å². The highest BCUT2D eigenvalue weighted by molar-refractivity contribution is 6.05. The highest BCUT2D eigenvalue weighted by Gasteiger charge is 2.40. The van der Waals surface area contributed by atoms with E-state index in [4.69, 9.17) is 19.6 Å². The third kappa shape index (κ3) is 7.32. The van der Waals surface area contributed by atoms with E-state index in [1.54, 1.807) is 29.4 Å². The number of ether oxygens (including phenoxy) is 2. The van der Waals surface area contributed by atoms with Gasteiger partial charge in [-0.25, -0.2) is 9.78 Å².